The Hall–Kier alpha value is -0.160. The normalized spacial score (nSPS) is 20.8. The molecule has 0 bridgehead atoms. The molecule has 0 saturated carbocycles. The van der Waals surface area contributed by atoms with Crippen molar-refractivity contribution in [3.63, 3.8) is 0 Å². The number of nitrogens with one attached hydrogen (secondary N) is 2. The van der Waals surface area contributed by atoms with Gasteiger partial charge in [-0.25, -0.2) is 5.01 Å². The summed E-state index contributed by atoms with van der Waals surface area (Å²) in [6, 6.07) is 0. The van der Waals surface area contributed by atoms with E-state index in [0.717, 1.165) is 26.2 Å². The third-order valence-electron chi connectivity index (χ3n) is 2.62. The highest BCUT2D eigenvalue weighted by Crippen LogP contribution is 1.97. The molecule has 1 fully saturated rings. The number of hydrogen-bond donors (Lipinski definition) is 2. The summed E-state index contributed by atoms with van der Waals surface area (Å²) in [5.41, 5.74) is 3.68. The van der Waals surface area contributed by atoms with Gasteiger partial charge >= 0.3 is 0 Å². The number of hydrazine groups is 1. The maximum Gasteiger partial charge on any atom is 0.0259 e. The second kappa shape index (κ2) is 5.80. The standard InChI is InChI=1S/C11H26N4/c1-11(2,3)12-5-6-13-15-9-7-14(4)8-10-15/h12-13H,5-10H2,1-4H3. The zero-order valence-electron chi connectivity index (χ0n) is 10.6. The van der Waals surface area contributed by atoms with Crippen molar-refractivity contribution in [2.75, 3.05) is 46.3 Å². The van der Waals surface area contributed by atoms with Crippen LogP contribution in [0.3, 0.4) is 0 Å². The summed E-state index contributed by atoms with van der Waals surface area (Å²) in [6.45, 7) is 13.2. The van der Waals surface area contributed by atoms with Crippen LogP contribution in [0.1, 0.15) is 20.8 Å². The maximum absolute atomic E-state index is 3.47. The molecule has 1 saturated heterocycles. The zero-order valence-corrected chi connectivity index (χ0v) is 10.6. The fourth-order valence-electron chi connectivity index (χ4n) is 1.62. The lowest BCUT2D eigenvalue weighted by Crippen LogP contribution is -2.52. The van der Waals surface area contributed by atoms with Crippen molar-refractivity contribution < 1.29 is 0 Å². The Kier molecular flexibility index (Phi) is 4.99. The molecule has 2 N–H and O–H groups in total. The van der Waals surface area contributed by atoms with Gasteiger partial charge in [0, 0.05) is 44.8 Å². The molecule has 1 rings (SSSR count). The molecule has 0 atom stereocenters. The number of rotatable bonds is 4. The first kappa shape index (κ1) is 12.9. The van der Waals surface area contributed by atoms with Crippen LogP contribution in [-0.4, -0.2) is 61.8 Å². The Bertz CT molecular complexity index is 168. The first-order valence-corrected chi connectivity index (χ1v) is 5.89. The molecule has 0 aliphatic carbocycles. The summed E-state index contributed by atoms with van der Waals surface area (Å²) < 4.78 is 0. The Morgan fingerprint density at radius 3 is 2.13 bits per heavy atom. The van der Waals surface area contributed by atoms with E-state index in [9.17, 15) is 0 Å². The van der Waals surface area contributed by atoms with Gasteiger partial charge in [-0.05, 0) is 27.8 Å². The molecule has 0 unspecified atom stereocenters. The van der Waals surface area contributed by atoms with E-state index in [-0.39, 0.29) is 5.54 Å². The highest BCUT2D eigenvalue weighted by atomic mass is 15.5. The van der Waals surface area contributed by atoms with E-state index < -0.39 is 0 Å². The van der Waals surface area contributed by atoms with Gasteiger partial charge in [0.1, 0.15) is 0 Å². The first-order chi connectivity index (χ1) is 6.97. The Balaban J connectivity index is 2.01. The average Bonchev–Trinajstić information content (AvgIpc) is 2.14. The van der Waals surface area contributed by atoms with E-state index in [4.69, 9.17) is 0 Å². The summed E-state index contributed by atoms with van der Waals surface area (Å²) >= 11 is 0. The predicted molar refractivity (Wildman–Crippen MR) is 64.8 cm³/mol. The number of hydrogen-bond acceptors (Lipinski definition) is 4. The fourth-order valence-corrected chi connectivity index (χ4v) is 1.62. The minimum absolute atomic E-state index is 0.226. The number of piperazine rings is 1. The third-order valence-corrected chi connectivity index (χ3v) is 2.62. The van der Waals surface area contributed by atoms with Crippen molar-refractivity contribution >= 4 is 0 Å². The second-order valence-corrected chi connectivity index (χ2v) is 5.38. The lowest BCUT2D eigenvalue weighted by Gasteiger charge is -2.33. The maximum atomic E-state index is 3.47. The van der Waals surface area contributed by atoms with Crippen molar-refractivity contribution in [2.45, 2.75) is 26.3 Å². The Morgan fingerprint density at radius 2 is 1.60 bits per heavy atom. The van der Waals surface area contributed by atoms with Crippen LogP contribution < -0.4 is 10.7 Å². The zero-order chi connectivity index (χ0) is 11.3. The number of likely N-dealkylation sites (N-methyl/N-ethyl adjacent to an activating group) is 1. The van der Waals surface area contributed by atoms with Crippen LogP contribution in [-0.2, 0) is 0 Å². The second-order valence-electron chi connectivity index (χ2n) is 5.38. The van der Waals surface area contributed by atoms with Gasteiger partial charge < -0.3 is 10.2 Å². The first-order valence-electron chi connectivity index (χ1n) is 5.89. The van der Waals surface area contributed by atoms with Gasteiger partial charge in [0.2, 0.25) is 0 Å². The predicted octanol–water partition coefficient (Wildman–Crippen LogP) is 0.127. The quantitative estimate of drug-likeness (QED) is 0.651. The smallest absolute Gasteiger partial charge is 0.0259 e. The van der Waals surface area contributed by atoms with Crippen molar-refractivity contribution in [1.82, 2.24) is 20.7 Å². The van der Waals surface area contributed by atoms with Gasteiger partial charge in [-0.15, -0.1) is 0 Å². The van der Waals surface area contributed by atoms with Crippen molar-refractivity contribution in [1.29, 1.82) is 0 Å². The molecule has 0 radical (unpaired) electrons. The van der Waals surface area contributed by atoms with Crippen LogP contribution >= 0.6 is 0 Å². The van der Waals surface area contributed by atoms with E-state index >= 15 is 0 Å². The molecule has 1 heterocycles. The summed E-state index contributed by atoms with van der Waals surface area (Å²) in [5.74, 6) is 0. The van der Waals surface area contributed by atoms with E-state index in [1.54, 1.807) is 0 Å². The van der Waals surface area contributed by atoms with Gasteiger partial charge in [-0.1, -0.05) is 0 Å². The summed E-state index contributed by atoms with van der Waals surface area (Å²) in [6.07, 6.45) is 0. The highest BCUT2D eigenvalue weighted by molar-refractivity contribution is 4.71. The summed E-state index contributed by atoms with van der Waals surface area (Å²) in [5, 5.41) is 5.79. The van der Waals surface area contributed by atoms with Gasteiger partial charge in [0.15, 0.2) is 0 Å². The van der Waals surface area contributed by atoms with Crippen LogP contribution in [0.25, 0.3) is 0 Å². The fraction of sp³-hybridized carbons (Fsp3) is 1.00. The minimum atomic E-state index is 0.226. The van der Waals surface area contributed by atoms with Crippen molar-refractivity contribution in [3.05, 3.63) is 0 Å². The van der Waals surface area contributed by atoms with E-state index in [1.807, 2.05) is 0 Å². The average molecular weight is 214 g/mol. The molecule has 15 heavy (non-hydrogen) atoms. The Labute approximate surface area is 94.0 Å². The molecular formula is C11H26N4. The third kappa shape index (κ3) is 6.10. The van der Waals surface area contributed by atoms with Crippen LogP contribution in [0.2, 0.25) is 0 Å². The highest BCUT2D eigenvalue weighted by Gasteiger charge is 2.13. The molecule has 0 aromatic carbocycles. The van der Waals surface area contributed by atoms with Crippen LogP contribution in [0.15, 0.2) is 0 Å². The van der Waals surface area contributed by atoms with E-state index in [2.05, 4.69) is 48.5 Å². The van der Waals surface area contributed by atoms with Crippen molar-refractivity contribution in [2.24, 2.45) is 0 Å². The summed E-state index contributed by atoms with van der Waals surface area (Å²) in [7, 11) is 2.18. The van der Waals surface area contributed by atoms with E-state index in [0.29, 0.717) is 0 Å². The van der Waals surface area contributed by atoms with Gasteiger partial charge in [-0.2, -0.15) is 0 Å². The molecule has 90 valence electrons. The van der Waals surface area contributed by atoms with Gasteiger partial charge in [-0.3, -0.25) is 5.43 Å². The van der Waals surface area contributed by atoms with Crippen molar-refractivity contribution in [3.8, 4) is 0 Å². The lowest BCUT2D eigenvalue weighted by molar-refractivity contribution is 0.104. The minimum Gasteiger partial charge on any atom is -0.311 e. The lowest BCUT2D eigenvalue weighted by atomic mass is 10.1. The topological polar surface area (TPSA) is 30.5 Å². The molecule has 0 amide bonds. The van der Waals surface area contributed by atoms with Crippen LogP contribution in [0.4, 0.5) is 0 Å². The van der Waals surface area contributed by atoms with Gasteiger partial charge in [0.25, 0.3) is 0 Å². The molecule has 1 aliphatic heterocycles. The molecular weight excluding hydrogens is 188 g/mol. The monoisotopic (exact) mass is 214 g/mol. The number of nitrogens with zero attached hydrogens (tertiary/aromatic N) is 2. The molecule has 0 aromatic heterocycles. The molecule has 1 aliphatic rings. The SMILES string of the molecule is CN1CCN(NCCNC(C)(C)C)CC1. The van der Waals surface area contributed by atoms with Crippen LogP contribution in [0.5, 0.6) is 0 Å². The molecule has 0 spiro atoms. The molecule has 4 nitrogen and oxygen atoms in total. The summed E-state index contributed by atoms with van der Waals surface area (Å²) in [4.78, 5) is 2.37. The van der Waals surface area contributed by atoms with E-state index in [1.165, 1.54) is 13.1 Å². The molecule has 0 aromatic rings. The largest absolute Gasteiger partial charge is 0.311 e. The van der Waals surface area contributed by atoms with Crippen LogP contribution in [0, 0.1) is 0 Å². The Morgan fingerprint density at radius 1 is 1.00 bits per heavy atom. The van der Waals surface area contributed by atoms with Gasteiger partial charge in [0.05, 0.1) is 0 Å². The molecule has 4 heteroatoms.